The van der Waals surface area contributed by atoms with Gasteiger partial charge in [-0.2, -0.15) is 0 Å². The van der Waals surface area contributed by atoms with Crippen molar-refractivity contribution in [3.63, 3.8) is 0 Å². The number of phosphoric acid groups is 1. The van der Waals surface area contributed by atoms with E-state index in [4.69, 9.17) is 19.7 Å². The van der Waals surface area contributed by atoms with Crippen LogP contribution in [0.15, 0.2) is 0 Å². The molecule has 1 fully saturated rings. The quantitative estimate of drug-likeness (QED) is 0.132. The molecule has 0 bridgehead atoms. The van der Waals surface area contributed by atoms with Crippen molar-refractivity contribution in [3.05, 3.63) is 0 Å². The number of hydrogen-bond donors (Lipinski definition) is 6. The zero-order valence-electron chi connectivity index (χ0n) is 15.0. The van der Waals surface area contributed by atoms with Crippen LogP contribution < -0.4 is 0 Å². The van der Waals surface area contributed by atoms with E-state index in [9.17, 15) is 28.5 Å². The molecule has 162 valence electrons. The summed E-state index contributed by atoms with van der Waals surface area (Å²) in [6.07, 6.45) is -7.57. The first-order chi connectivity index (χ1) is 12.3. The Morgan fingerprint density at radius 3 is 2.15 bits per heavy atom. The van der Waals surface area contributed by atoms with Crippen molar-refractivity contribution in [2.24, 2.45) is 0 Å². The number of aliphatic hydroxyl groups is 5. The van der Waals surface area contributed by atoms with E-state index in [0.29, 0.717) is 0 Å². The summed E-state index contributed by atoms with van der Waals surface area (Å²) in [7, 11) is -4.55. The molecule has 1 heterocycles. The molecule has 0 spiro atoms. The van der Waals surface area contributed by atoms with Gasteiger partial charge in [0.05, 0.1) is 6.61 Å². The third-order valence-corrected chi connectivity index (χ3v) is 7.01. The van der Waals surface area contributed by atoms with Gasteiger partial charge in [-0.1, -0.05) is 0 Å². The molecule has 0 aromatic heterocycles. The van der Waals surface area contributed by atoms with Crippen LogP contribution in [0, 0.1) is 0 Å². The van der Waals surface area contributed by atoms with E-state index in [0.717, 1.165) is 0 Å². The van der Waals surface area contributed by atoms with E-state index in [1.807, 2.05) is 0 Å². The molecule has 1 saturated heterocycles. The molecule has 2 unspecified atom stereocenters. The summed E-state index contributed by atoms with van der Waals surface area (Å²) in [4.78, 5) is 9.35. The Morgan fingerprint density at radius 1 is 1.07 bits per heavy atom. The molecule has 1 aliphatic heterocycles. The second-order valence-corrected chi connectivity index (χ2v) is 15.5. The van der Waals surface area contributed by atoms with Gasteiger partial charge in [0, 0.05) is 0 Å². The molecule has 6 N–H and O–H groups in total. The molecule has 0 radical (unpaired) electrons. The number of phosphoric ester groups is 1. The molecule has 12 nitrogen and oxygen atoms in total. The van der Waals surface area contributed by atoms with Crippen molar-refractivity contribution in [2.45, 2.75) is 53.4 Å². The van der Waals surface area contributed by atoms with E-state index in [1.165, 1.54) is 0 Å². The first-order valence-electron chi connectivity index (χ1n) is 8.10. The van der Waals surface area contributed by atoms with Crippen molar-refractivity contribution in [3.8, 4) is 0 Å². The average Bonchev–Trinajstić information content (AvgIpc) is 2.82. The van der Waals surface area contributed by atoms with Gasteiger partial charge in [0.2, 0.25) is 0 Å². The van der Waals surface area contributed by atoms with Gasteiger partial charge in [0.1, 0.15) is 6.10 Å². The van der Waals surface area contributed by atoms with Crippen LogP contribution in [0.3, 0.4) is 0 Å². The summed E-state index contributed by atoms with van der Waals surface area (Å²) < 4.78 is 42.8. The normalized spacial score (nSPS) is 30.8. The van der Waals surface area contributed by atoms with Gasteiger partial charge in [0.15, 0.2) is 0 Å². The van der Waals surface area contributed by atoms with Gasteiger partial charge in [0.25, 0.3) is 0 Å². The maximum absolute atomic E-state index is 11.9. The standard InChI is InChI=1S/C13H28AsO12P/c1-14(2,20)3-10-11(18)12(19)13(26-10)23-5-9(17)7-25-27(21,22)24-6-8(16)4-15/h8-13,15-19H,3-7H2,1-2H3,(H,21,22)/t8?,9-,10+,11+,12+,13+/m0/s1. The van der Waals surface area contributed by atoms with Crippen LogP contribution in [0.1, 0.15) is 0 Å². The summed E-state index contributed by atoms with van der Waals surface area (Å²) in [5, 5.41) is 47.3. The fourth-order valence-corrected chi connectivity index (χ4v) is 5.39. The molecular formula is C13H28AsO12P. The second-order valence-electron chi connectivity index (χ2n) is 6.66. The van der Waals surface area contributed by atoms with E-state index < -0.39 is 84.6 Å². The first kappa shape index (κ1) is 25.2. The van der Waals surface area contributed by atoms with E-state index in [1.54, 1.807) is 11.4 Å². The number of aliphatic hydroxyl groups excluding tert-OH is 5. The minimum absolute atomic E-state index is 0.104. The molecular weight excluding hydrogens is 454 g/mol. The number of hydrogen-bond acceptors (Lipinski definition) is 11. The Bertz CT molecular complexity index is 541. The van der Waals surface area contributed by atoms with Crippen LogP contribution in [0.2, 0.25) is 16.6 Å². The third kappa shape index (κ3) is 9.49. The van der Waals surface area contributed by atoms with Crippen molar-refractivity contribution in [1.82, 2.24) is 0 Å². The molecule has 0 aromatic rings. The summed E-state index contributed by atoms with van der Waals surface area (Å²) in [5.74, 6) is 0. The SMILES string of the molecule is C[As](C)(=O)C[C@H]1O[C@@H](OC[C@H](O)COP(=O)(O)OCC(O)CO)[C@H](O)[C@@H]1O. The van der Waals surface area contributed by atoms with Crippen molar-refractivity contribution in [1.29, 1.82) is 0 Å². The van der Waals surface area contributed by atoms with Gasteiger partial charge in [-0.15, -0.1) is 0 Å². The minimum atomic E-state index is -4.55. The summed E-state index contributed by atoms with van der Waals surface area (Å²) in [6, 6.07) is 0. The Balaban J connectivity index is 2.38. The molecule has 0 amide bonds. The monoisotopic (exact) mass is 482 g/mol. The summed E-state index contributed by atoms with van der Waals surface area (Å²) >= 11 is -3.13. The van der Waals surface area contributed by atoms with Gasteiger partial charge >= 0.3 is 136 Å². The fourth-order valence-electron chi connectivity index (χ4n) is 2.14. The molecule has 1 aliphatic rings. The topological polar surface area (TPSA) is 192 Å². The Kier molecular flexibility index (Phi) is 10.1. The van der Waals surface area contributed by atoms with Crippen LogP contribution in [0.5, 0.6) is 0 Å². The van der Waals surface area contributed by atoms with E-state index in [-0.39, 0.29) is 5.21 Å². The van der Waals surface area contributed by atoms with Gasteiger partial charge < -0.3 is 10.2 Å². The van der Waals surface area contributed by atoms with Crippen LogP contribution >= 0.6 is 7.82 Å². The fraction of sp³-hybridized carbons (Fsp3) is 1.00. The van der Waals surface area contributed by atoms with Crippen LogP contribution in [0.25, 0.3) is 0 Å². The molecule has 0 aromatic carbocycles. The zero-order chi connectivity index (χ0) is 20.8. The maximum atomic E-state index is 11.9. The van der Waals surface area contributed by atoms with Crippen molar-refractivity contribution in [2.75, 3.05) is 26.4 Å². The first-order valence-corrected chi connectivity index (χ1v) is 15.4. The summed E-state index contributed by atoms with van der Waals surface area (Å²) in [6.45, 7) is -2.43. The van der Waals surface area contributed by atoms with Gasteiger partial charge in [-0.25, -0.2) is 0 Å². The number of ether oxygens (including phenoxy) is 2. The number of rotatable bonds is 12. The predicted octanol–water partition coefficient (Wildman–Crippen LogP) is -2.07. The van der Waals surface area contributed by atoms with Crippen LogP contribution in [0.4, 0.5) is 0 Å². The van der Waals surface area contributed by atoms with Crippen LogP contribution in [-0.2, 0) is 26.8 Å². The molecule has 14 heteroatoms. The predicted molar refractivity (Wildman–Crippen MR) is 90.4 cm³/mol. The molecule has 0 aliphatic carbocycles. The van der Waals surface area contributed by atoms with Crippen LogP contribution in [-0.4, -0.2) is 107 Å². The molecule has 1 rings (SSSR count). The Labute approximate surface area is 158 Å². The Morgan fingerprint density at radius 2 is 1.63 bits per heavy atom. The Hall–Kier alpha value is 0.188. The zero-order valence-corrected chi connectivity index (χ0v) is 17.8. The van der Waals surface area contributed by atoms with E-state index >= 15 is 0 Å². The van der Waals surface area contributed by atoms with Gasteiger partial charge in [-0.3, -0.25) is 0 Å². The molecule has 7 atom stereocenters. The van der Waals surface area contributed by atoms with Gasteiger partial charge in [-0.05, 0) is 0 Å². The molecule has 0 saturated carbocycles. The second kappa shape index (κ2) is 10.8. The third-order valence-electron chi connectivity index (χ3n) is 3.46. The van der Waals surface area contributed by atoms with Crippen molar-refractivity contribution >= 4 is 21.3 Å². The van der Waals surface area contributed by atoms with Crippen molar-refractivity contribution < 1.29 is 57.3 Å². The molecule has 27 heavy (non-hydrogen) atoms. The van der Waals surface area contributed by atoms with E-state index in [2.05, 4.69) is 9.05 Å². The summed E-state index contributed by atoms with van der Waals surface area (Å²) in [5.41, 5.74) is 3.15. The average molecular weight is 482 g/mol.